The molecule has 10 nitrogen and oxygen atoms in total. The lowest BCUT2D eigenvalue weighted by Crippen LogP contribution is -2.62. The number of nitrogens with one attached hydrogen (secondary N) is 3. The fourth-order valence-corrected chi connectivity index (χ4v) is 4.62. The van der Waals surface area contributed by atoms with E-state index in [1.807, 2.05) is 13.8 Å². The zero-order valence-corrected chi connectivity index (χ0v) is 21.8. The topological polar surface area (TPSA) is 143 Å². The quantitative estimate of drug-likeness (QED) is 0.177. The molecule has 0 saturated carbocycles. The third kappa shape index (κ3) is 7.41. The monoisotopic (exact) mass is 511 g/mol. The molecular formula is C22H33N5O5S2. The number of epoxide rings is 1. The molecule has 0 radical (unpaired) electrons. The highest BCUT2D eigenvalue weighted by atomic mass is 32.2. The van der Waals surface area contributed by atoms with Crippen LogP contribution < -0.4 is 16.0 Å². The maximum Gasteiger partial charge on any atom is 0.254 e. The summed E-state index contributed by atoms with van der Waals surface area (Å²) in [7, 11) is 0. The van der Waals surface area contributed by atoms with Gasteiger partial charge in [0.15, 0.2) is 17.6 Å². The van der Waals surface area contributed by atoms with Crippen LogP contribution in [0.25, 0.3) is 0 Å². The highest BCUT2D eigenvalue weighted by Crippen LogP contribution is 2.29. The van der Waals surface area contributed by atoms with Crippen molar-refractivity contribution in [2.75, 3.05) is 35.9 Å². The molecule has 3 N–H and O–H groups in total. The number of rotatable bonds is 15. The fourth-order valence-electron chi connectivity index (χ4n) is 3.33. The van der Waals surface area contributed by atoms with E-state index >= 15 is 0 Å². The van der Waals surface area contributed by atoms with Crippen molar-refractivity contribution in [2.24, 2.45) is 5.92 Å². The van der Waals surface area contributed by atoms with Gasteiger partial charge in [-0.05, 0) is 31.8 Å². The summed E-state index contributed by atoms with van der Waals surface area (Å²) in [6.45, 7) is 5.95. The van der Waals surface area contributed by atoms with E-state index < -0.39 is 35.0 Å². The first-order chi connectivity index (χ1) is 16.1. The van der Waals surface area contributed by atoms with Gasteiger partial charge in [-0.1, -0.05) is 13.8 Å². The number of nitrogens with zero attached hydrogens (tertiary/aromatic N) is 2. The Morgan fingerprint density at radius 2 is 1.91 bits per heavy atom. The second kappa shape index (κ2) is 12.5. The highest BCUT2D eigenvalue weighted by molar-refractivity contribution is 7.98. The summed E-state index contributed by atoms with van der Waals surface area (Å²) >= 11 is 2.65. The van der Waals surface area contributed by atoms with E-state index in [1.54, 1.807) is 19.4 Å². The predicted molar refractivity (Wildman–Crippen MR) is 134 cm³/mol. The van der Waals surface area contributed by atoms with Gasteiger partial charge in [0.05, 0.1) is 18.8 Å². The van der Waals surface area contributed by atoms with Gasteiger partial charge < -0.3 is 25.5 Å². The van der Waals surface area contributed by atoms with Crippen LogP contribution in [0.5, 0.6) is 0 Å². The smallest absolute Gasteiger partial charge is 0.254 e. The van der Waals surface area contributed by atoms with Crippen LogP contribution in [0.2, 0.25) is 0 Å². The number of carbonyl (C=O) groups excluding carboxylic acids is 4. The number of hydrogen-bond acceptors (Lipinski definition) is 10. The van der Waals surface area contributed by atoms with Crippen molar-refractivity contribution < 1.29 is 23.9 Å². The molecule has 1 fully saturated rings. The van der Waals surface area contributed by atoms with Crippen LogP contribution >= 0.6 is 23.5 Å². The van der Waals surface area contributed by atoms with Crippen molar-refractivity contribution in [3.63, 3.8) is 0 Å². The van der Waals surface area contributed by atoms with Gasteiger partial charge in [-0.2, -0.15) is 23.5 Å². The van der Waals surface area contributed by atoms with Gasteiger partial charge in [-0.25, -0.2) is 4.98 Å². The van der Waals surface area contributed by atoms with Crippen molar-refractivity contribution in [1.82, 2.24) is 20.6 Å². The van der Waals surface area contributed by atoms with Gasteiger partial charge in [-0.3, -0.25) is 19.4 Å². The molecule has 2 heterocycles. The Kier molecular flexibility index (Phi) is 10.3. The Hall–Kier alpha value is -2.18. The third-order valence-electron chi connectivity index (χ3n) is 5.29. The number of ether oxygens (including phenoxy) is 1. The molecule has 0 bridgehead atoms. The summed E-state index contributed by atoms with van der Waals surface area (Å²) in [4.78, 5) is 59.5. The summed E-state index contributed by atoms with van der Waals surface area (Å²) in [5.41, 5.74) is -2.54. The average molecular weight is 512 g/mol. The Morgan fingerprint density at radius 3 is 2.41 bits per heavy atom. The fraction of sp³-hybridized carbons (Fsp3) is 0.636. The summed E-state index contributed by atoms with van der Waals surface area (Å²) < 4.78 is 5.28. The lowest BCUT2D eigenvalue weighted by molar-refractivity contribution is -0.134. The molecule has 0 aromatic carbocycles. The van der Waals surface area contributed by atoms with Gasteiger partial charge >= 0.3 is 0 Å². The summed E-state index contributed by atoms with van der Waals surface area (Å²) in [6, 6.07) is -1.69. The zero-order chi connectivity index (χ0) is 25.4. The first kappa shape index (κ1) is 28.1. The number of anilines is 1. The van der Waals surface area contributed by atoms with Gasteiger partial charge in [0.1, 0.15) is 17.5 Å². The van der Waals surface area contributed by atoms with E-state index in [9.17, 15) is 19.2 Å². The molecular weight excluding hydrogens is 478 g/mol. The predicted octanol–water partition coefficient (Wildman–Crippen LogP) is 0.926. The number of hydrogen-bond donors (Lipinski definition) is 3. The SMILES string of the molecule is CSC[C@H](NC(=O)[C@](C=O)(CSC)Nc1cnccn1)C(=O)N[C@@H](CC(C)C)C(=O)C1(C)CO1. The molecule has 2 rings (SSSR count). The Bertz CT molecular complexity index is 869. The maximum atomic E-state index is 13.3. The maximum absolute atomic E-state index is 13.3. The lowest BCUT2D eigenvalue weighted by Gasteiger charge is -2.30. The number of ketones is 1. The Labute approximate surface area is 208 Å². The number of thioether (sulfide) groups is 2. The van der Waals surface area contributed by atoms with Crippen molar-refractivity contribution in [3.05, 3.63) is 18.6 Å². The van der Waals surface area contributed by atoms with E-state index in [0.29, 0.717) is 19.3 Å². The molecule has 1 aromatic rings. The van der Waals surface area contributed by atoms with E-state index in [4.69, 9.17) is 4.74 Å². The van der Waals surface area contributed by atoms with Crippen LogP contribution in [0.1, 0.15) is 27.2 Å². The minimum Gasteiger partial charge on any atom is -0.361 e. The molecule has 12 heteroatoms. The van der Waals surface area contributed by atoms with E-state index in [2.05, 4.69) is 25.9 Å². The Morgan fingerprint density at radius 1 is 1.21 bits per heavy atom. The molecule has 34 heavy (non-hydrogen) atoms. The van der Waals surface area contributed by atoms with Crippen LogP contribution in [0, 0.1) is 5.92 Å². The van der Waals surface area contributed by atoms with Gasteiger partial charge in [0.25, 0.3) is 5.91 Å². The van der Waals surface area contributed by atoms with E-state index in [1.165, 1.54) is 42.1 Å². The van der Waals surface area contributed by atoms with Gasteiger partial charge in [-0.15, -0.1) is 0 Å². The minimum atomic E-state index is -1.66. The molecule has 188 valence electrons. The van der Waals surface area contributed by atoms with Crippen LogP contribution in [0.4, 0.5) is 5.82 Å². The number of Topliss-reactive ketones (excluding diaryl/α,β-unsaturated/α-hetero) is 1. The van der Waals surface area contributed by atoms with Crippen LogP contribution in [-0.4, -0.2) is 87.7 Å². The number of amides is 2. The van der Waals surface area contributed by atoms with Crippen molar-refractivity contribution in [2.45, 2.75) is 50.4 Å². The normalized spacial score (nSPS) is 20.5. The summed E-state index contributed by atoms with van der Waals surface area (Å²) in [5.74, 6) is -0.562. The lowest BCUT2D eigenvalue weighted by atomic mass is 9.93. The molecule has 2 amide bonds. The van der Waals surface area contributed by atoms with Crippen molar-refractivity contribution >= 4 is 53.2 Å². The molecule has 0 spiro atoms. The molecule has 1 saturated heterocycles. The van der Waals surface area contributed by atoms with Crippen LogP contribution in [0.15, 0.2) is 18.6 Å². The van der Waals surface area contributed by atoms with Crippen molar-refractivity contribution in [3.8, 4) is 0 Å². The van der Waals surface area contributed by atoms with Gasteiger partial charge in [0, 0.05) is 23.9 Å². The zero-order valence-electron chi connectivity index (χ0n) is 20.1. The number of carbonyl (C=O) groups is 4. The third-order valence-corrected chi connectivity index (χ3v) is 6.70. The second-order valence-corrected chi connectivity index (χ2v) is 10.6. The number of aromatic nitrogens is 2. The molecule has 1 aliphatic rings. The summed E-state index contributed by atoms with van der Waals surface area (Å²) in [5, 5.41) is 8.36. The standard InChI is InChI=1S/C22H33N5O5S2/c1-14(2)8-15(18(29)21(3)12-32-21)25-19(30)16(10-33-4)26-20(31)22(11-28,13-34-5)27-17-9-23-6-7-24-17/h6-7,9,11,14-16H,8,10,12-13H2,1-5H3,(H,24,27)(H,25,30)(H,26,31)/t15-,16-,21?,22-/m0/s1. The highest BCUT2D eigenvalue weighted by Gasteiger charge is 2.50. The molecule has 4 atom stereocenters. The molecule has 1 aliphatic heterocycles. The minimum absolute atomic E-state index is 0.108. The average Bonchev–Trinajstić information content (AvgIpc) is 3.56. The van der Waals surface area contributed by atoms with Crippen molar-refractivity contribution in [1.29, 1.82) is 0 Å². The number of aldehydes is 1. The van der Waals surface area contributed by atoms with E-state index in [0.717, 1.165) is 0 Å². The largest absolute Gasteiger partial charge is 0.361 e. The Balaban J connectivity index is 2.20. The molecule has 1 unspecified atom stereocenters. The summed E-state index contributed by atoms with van der Waals surface area (Å²) in [6.07, 6.45) is 8.84. The second-order valence-electron chi connectivity index (χ2n) is 8.79. The first-order valence-electron chi connectivity index (χ1n) is 10.9. The first-order valence-corrected chi connectivity index (χ1v) is 13.7. The molecule has 1 aromatic heterocycles. The van der Waals surface area contributed by atoms with Crippen LogP contribution in [-0.2, 0) is 23.9 Å². The van der Waals surface area contributed by atoms with E-state index in [-0.39, 0.29) is 29.0 Å². The van der Waals surface area contributed by atoms with Crippen LogP contribution in [0.3, 0.4) is 0 Å². The molecule has 0 aliphatic carbocycles. The van der Waals surface area contributed by atoms with Gasteiger partial charge in [0.2, 0.25) is 5.91 Å².